The predicted octanol–water partition coefficient (Wildman–Crippen LogP) is 5.65. The van der Waals surface area contributed by atoms with E-state index in [1.807, 2.05) is 69.3 Å². The van der Waals surface area contributed by atoms with Gasteiger partial charge < -0.3 is 15.0 Å². The average molecular weight is 466 g/mol. The second kappa shape index (κ2) is 9.58. The van der Waals surface area contributed by atoms with E-state index >= 15 is 0 Å². The van der Waals surface area contributed by atoms with Gasteiger partial charge in [0.1, 0.15) is 22.2 Å². The van der Waals surface area contributed by atoms with Gasteiger partial charge in [0.25, 0.3) is 5.56 Å². The SMILES string of the molecule is Cc1sc2nc(CSC(C)C(=O)Nc3cccc(Oc4ccccc4)c3)[nH]c(=O)c2c1C. The number of thioether (sulfide) groups is 1. The standard InChI is InChI=1S/C24H23N3O3S2/c1-14-15(2)32-24-21(14)23(29)26-20(27-24)13-31-16(3)22(28)25-17-8-7-11-19(12-17)30-18-9-5-4-6-10-18/h4-12,16H,13H2,1-3H3,(H,25,28)(H,26,27,29). The van der Waals surface area contributed by atoms with Crippen molar-refractivity contribution in [1.29, 1.82) is 0 Å². The van der Waals surface area contributed by atoms with Crippen LogP contribution in [-0.2, 0) is 10.5 Å². The number of nitrogens with zero attached hydrogens (tertiary/aromatic N) is 1. The summed E-state index contributed by atoms with van der Waals surface area (Å²) in [5.74, 6) is 2.26. The lowest BCUT2D eigenvalue weighted by molar-refractivity contribution is -0.115. The van der Waals surface area contributed by atoms with Crippen molar-refractivity contribution in [3.05, 3.63) is 81.2 Å². The van der Waals surface area contributed by atoms with Crippen molar-refractivity contribution < 1.29 is 9.53 Å². The number of aromatic nitrogens is 2. The van der Waals surface area contributed by atoms with Gasteiger partial charge in [0, 0.05) is 16.6 Å². The van der Waals surface area contributed by atoms with Crippen LogP contribution in [0.5, 0.6) is 11.5 Å². The number of benzene rings is 2. The fraction of sp³-hybridized carbons (Fsp3) is 0.208. The predicted molar refractivity (Wildman–Crippen MR) is 132 cm³/mol. The van der Waals surface area contributed by atoms with Crippen molar-refractivity contribution in [2.75, 3.05) is 5.32 Å². The lowest BCUT2D eigenvalue weighted by Gasteiger charge is -2.13. The van der Waals surface area contributed by atoms with E-state index in [2.05, 4.69) is 15.3 Å². The lowest BCUT2D eigenvalue weighted by Crippen LogP contribution is -2.23. The summed E-state index contributed by atoms with van der Waals surface area (Å²) in [4.78, 5) is 34.4. The monoisotopic (exact) mass is 465 g/mol. The number of amides is 1. The molecule has 0 fully saturated rings. The molecule has 2 aromatic heterocycles. The van der Waals surface area contributed by atoms with Crippen molar-refractivity contribution in [1.82, 2.24) is 9.97 Å². The summed E-state index contributed by atoms with van der Waals surface area (Å²) in [7, 11) is 0. The molecule has 1 atom stereocenters. The smallest absolute Gasteiger partial charge is 0.259 e. The van der Waals surface area contributed by atoms with Gasteiger partial charge in [-0.2, -0.15) is 0 Å². The van der Waals surface area contributed by atoms with Crippen LogP contribution in [0.25, 0.3) is 10.2 Å². The third kappa shape index (κ3) is 5.03. The largest absolute Gasteiger partial charge is 0.457 e. The molecule has 8 heteroatoms. The van der Waals surface area contributed by atoms with Gasteiger partial charge in [-0.25, -0.2) is 4.98 Å². The van der Waals surface area contributed by atoms with Gasteiger partial charge in [-0.1, -0.05) is 24.3 Å². The van der Waals surface area contributed by atoms with Crippen LogP contribution >= 0.6 is 23.1 Å². The van der Waals surface area contributed by atoms with E-state index < -0.39 is 0 Å². The zero-order valence-electron chi connectivity index (χ0n) is 18.0. The number of aryl methyl sites for hydroxylation is 2. The Kier molecular flexibility index (Phi) is 6.62. The molecule has 0 aliphatic heterocycles. The first-order valence-electron chi connectivity index (χ1n) is 10.1. The van der Waals surface area contributed by atoms with E-state index in [1.165, 1.54) is 23.1 Å². The molecule has 4 aromatic rings. The number of hydrogen-bond donors (Lipinski definition) is 2. The van der Waals surface area contributed by atoms with Gasteiger partial charge in [-0.15, -0.1) is 23.1 Å². The Morgan fingerprint density at radius 1 is 1.16 bits per heavy atom. The van der Waals surface area contributed by atoms with E-state index in [4.69, 9.17) is 4.74 Å². The summed E-state index contributed by atoms with van der Waals surface area (Å²) in [5, 5.41) is 3.25. The van der Waals surface area contributed by atoms with Crippen LogP contribution in [0, 0.1) is 13.8 Å². The number of carbonyl (C=O) groups excluding carboxylic acids is 1. The third-order valence-electron chi connectivity index (χ3n) is 5.01. The number of H-pyrrole nitrogens is 1. The molecule has 2 heterocycles. The number of anilines is 1. The number of ether oxygens (including phenoxy) is 1. The number of nitrogens with one attached hydrogen (secondary N) is 2. The van der Waals surface area contributed by atoms with Gasteiger partial charge in [-0.05, 0) is 50.6 Å². The Morgan fingerprint density at radius 2 is 1.91 bits per heavy atom. The van der Waals surface area contributed by atoms with E-state index in [0.717, 1.165) is 21.0 Å². The molecule has 1 unspecified atom stereocenters. The van der Waals surface area contributed by atoms with Gasteiger partial charge in [0.05, 0.1) is 16.4 Å². The lowest BCUT2D eigenvalue weighted by atomic mass is 10.2. The Balaban J connectivity index is 1.38. The maximum Gasteiger partial charge on any atom is 0.259 e. The molecule has 6 nitrogen and oxygen atoms in total. The zero-order valence-corrected chi connectivity index (χ0v) is 19.6. The van der Waals surface area contributed by atoms with Crippen LogP contribution in [0.2, 0.25) is 0 Å². The first-order valence-corrected chi connectivity index (χ1v) is 12.0. The fourth-order valence-corrected chi connectivity index (χ4v) is 4.96. The molecule has 4 rings (SSSR count). The first kappa shape index (κ1) is 22.1. The first-order chi connectivity index (χ1) is 15.4. The molecule has 0 bridgehead atoms. The third-order valence-corrected chi connectivity index (χ3v) is 7.26. The number of fused-ring (bicyclic) bond motifs is 1. The van der Waals surface area contributed by atoms with Crippen LogP contribution < -0.4 is 15.6 Å². The van der Waals surface area contributed by atoms with Crippen molar-refractivity contribution in [2.45, 2.75) is 31.8 Å². The molecule has 0 radical (unpaired) electrons. The van der Waals surface area contributed by atoms with Gasteiger partial charge in [-0.3, -0.25) is 9.59 Å². The molecule has 0 aliphatic carbocycles. The summed E-state index contributed by atoms with van der Waals surface area (Å²) in [6.45, 7) is 5.76. The Labute approximate surface area is 194 Å². The number of hydrogen-bond acceptors (Lipinski definition) is 6. The van der Waals surface area contributed by atoms with Crippen LogP contribution in [-0.4, -0.2) is 21.1 Å². The van der Waals surface area contributed by atoms with Crippen LogP contribution in [0.3, 0.4) is 0 Å². The highest BCUT2D eigenvalue weighted by Crippen LogP contribution is 2.27. The molecule has 0 saturated carbocycles. The summed E-state index contributed by atoms with van der Waals surface area (Å²) >= 11 is 2.94. The molecular formula is C24H23N3O3S2. The summed E-state index contributed by atoms with van der Waals surface area (Å²) in [5.41, 5.74) is 1.51. The van der Waals surface area contributed by atoms with E-state index in [-0.39, 0.29) is 16.7 Å². The van der Waals surface area contributed by atoms with E-state index in [0.29, 0.717) is 28.4 Å². The maximum atomic E-state index is 12.7. The summed E-state index contributed by atoms with van der Waals surface area (Å²) in [6.07, 6.45) is 0. The molecule has 2 N–H and O–H groups in total. The minimum atomic E-state index is -0.332. The maximum absolute atomic E-state index is 12.7. The summed E-state index contributed by atoms with van der Waals surface area (Å²) < 4.78 is 5.83. The number of rotatable bonds is 7. The quantitative estimate of drug-likeness (QED) is 0.368. The second-order valence-electron chi connectivity index (χ2n) is 7.36. The molecule has 32 heavy (non-hydrogen) atoms. The van der Waals surface area contributed by atoms with E-state index in [9.17, 15) is 9.59 Å². The molecule has 2 aromatic carbocycles. The van der Waals surface area contributed by atoms with Gasteiger partial charge >= 0.3 is 0 Å². The number of aromatic amines is 1. The van der Waals surface area contributed by atoms with Crippen molar-refractivity contribution in [3.8, 4) is 11.5 Å². The van der Waals surface area contributed by atoms with Crippen molar-refractivity contribution in [3.63, 3.8) is 0 Å². The molecule has 1 amide bonds. The van der Waals surface area contributed by atoms with Gasteiger partial charge in [0.15, 0.2) is 0 Å². The highest BCUT2D eigenvalue weighted by Gasteiger charge is 2.16. The summed E-state index contributed by atoms with van der Waals surface area (Å²) in [6, 6.07) is 16.8. The highest BCUT2D eigenvalue weighted by molar-refractivity contribution is 7.99. The minimum Gasteiger partial charge on any atom is -0.457 e. The number of para-hydroxylation sites is 1. The van der Waals surface area contributed by atoms with Crippen LogP contribution in [0.15, 0.2) is 59.4 Å². The van der Waals surface area contributed by atoms with Gasteiger partial charge in [0.2, 0.25) is 5.91 Å². The van der Waals surface area contributed by atoms with Crippen molar-refractivity contribution >= 4 is 44.9 Å². The Bertz CT molecular complexity index is 1320. The topological polar surface area (TPSA) is 84.1 Å². The molecular weight excluding hydrogens is 442 g/mol. The minimum absolute atomic E-state index is 0.125. The molecule has 164 valence electrons. The highest BCUT2D eigenvalue weighted by atomic mass is 32.2. The average Bonchev–Trinajstić information content (AvgIpc) is 3.06. The molecule has 0 saturated heterocycles. The molecule has 0 spiro atoms. The number of thiophene rings is 1. The van der Waals surface area contributed by atoms with E-state index in [1.54, 1.807) is 6.07 Å². The Hall–Kier alpha value is -3.10. The van der Waals surface area contributed by atoms with Crippen LogP contribution in [0.1, 0.15) is 23.2 Å². The second-order valence-corrected chi connectivity index (χ2v) is 9.89. The normalized spacial score (nSPS) is 12.0. The fourth-order valence-electron chi connectivity index (χ4n) is 3.15. The van der Waals surface area contributed by atoms with Crippen molar-refractivity contribution in [2.24, 2.45) is 0 Å². The Morgan fingerprint density at radius 3 is 2.69 bits per heavy atom. The zero-order chi connectivity index (χ0) is 22.7. The van der Waals surface area contributed by atoms with Crippen LogP contribution in [0.4, 0.5) is 5.69 Å². The number of carbonyl (C=O) groups is 1. The molecule has 0 aliphatic rings.